The fourth-order valence-electron chi connectivity index (χ4n) is 3.01. The maximum absolute atomic E-state index is 13.1. The lowest BCUT2D eigenvalue weighted by Gasteiger charge is -2.28. The molecule has 1 fully saturated rings. The third-order valence-electron chi connectivity index (χ3n) is 4.28. The molecule has 1 amide bonds. The summed E-state index contributed by atoms with van der Waals surface area (Å²) in [6, 6.07) is 16.5. The molecule has 132 valence electrons. The largest absolute Gasteiger partial charge is 0.444 e. The van der Waals surface area contributed by atoms with Crippen LogP contribution in [0.1, 0.15) is 44.2 Å². The number of benzene rings is 2. The van der Waals surface area contributed by atoms with Gasteiger partial charge in [-0.2, -0.15) is 0 Å². The number of hydrogen-bond donors (Lipinski definition) is 0. The molecule has 2 aromatic carbocycles. The van der Waals surface area contributed by atoms with Gasteiger partial charge in [0.2, 0.25) is 0 Å². The second-order valence-corrected chi connectivity index (χ2v) is 7.55. The summed E-state index contributed by atoms with van der Waals surface area (Å²) in [5.41, 5.74) is 1.60. The van der Waals surface area contributed by atoms with Crippen molar-refractivity contribution in [3.63, 3.8) is 0 Å². The monoisotopic (exact) mass is 341 g/mol. The zero-order chi connectivity index (χ0) is 18.0. The maximum Gasteiger partial charge on any atom is 0.410 e. The summed E-state index contributed by atoms with van der Waals surface area (Å²) in [4.78, 5) is 14.5. The molecule has 0 bridgehead atoms. The van der Waals surface area contributed by atoms with Gasteiger partial charge in [0.1, 0.15) is 11.4 Å². The number of hydrogen-bond acceptors (Lipinski definition) is 2. The molecule has 2 atom stereocenters. The average molecular weight is 341 g/mol. The number of ether oxygens (including phenoxy) is 1. The summed E-state index contributed by atoms with van der Waals surface area (Å²) >= 11 is 0. The quantitative estimate of drug-likeness (QED) is 0.772. The van der Waals surface area contributed by atoms with Crippen LogP contribution in [0.4, 0.5) is 9.18 Å². The zero-order valence-electron chi connectivity index (χ0n) is 14.9. The highest BCUT2D eigenvalue weighted by molar-refractivity contribution is 5.69. The minimum atomic E-state index is -0.535. The molecule has 0 radical (unpaired) electrons. The number of nitrogens with zero attached hydrogens (tertiary/aromatic N) is 1. The standard InChI is InChI=1S/C21H24FNO2/c1-21(2,3)25-20(24)23(14-15-7-5-4-6-8-15)19-13-18(19)16-9-11-17(22)12-10-16/h4-12,18-19H,13-14H2,1-3H3. The Bertz CT molecular complexity index is 722. The molecule has 4 heteroatoms. The Hall–Kier alpha value is -2.36. The SMILES string of the molecule is CC(C)(C)OC(=O)N(Cc1ccccc1)C1CC1c1ccc(F)cc1. The fourth-order valence-corrected chi connectivity index (χ4v) is 3.01. The van der Waals surface area contributed by atoms with Crippen molar-refractivity contribution >= 4 is 6.09 Å². The molecule has 0 heterocycles. The van der Waals surface area contributed by atoms with E-state index in [-0.39, 0.29) is 23.9 Å². The Morgan fingerprint density at radius 1 is 1.12 bits per heavy atom. The molecule has 3 nitrogen and oxygen atoms in total. The van der Waals surface area contributed by atoms with Gasteiger partial charge < -0.3 is 9.64 Å². The summed E-state index contributed by atoms with van der Waals surface area (Å²) in [6.07, 6.45) is 0.573. The molecular formula is C21H24FNO2. The van der Waals surface area contributed by atoms with Crippen LogP contribution in [0.25, 0.3) is 0 Å². The molecule has 1 aliphatic rings. The van der Waals surface area contributed by atoms with Gasteiger partial charge in [0, 0.05) is 18.5 Å². The van der Waals surface area contributed by atoms with E-state index in [1.807, 2.05) is 51.1 Å². The highest BCUT2D eigenvalue weighted by atomic mass is 19.1. The van der Waals surface area contributed by atoms with Gasteiger partial charge in [-0.25, -0.2) is 9.18 Å². The Morgan fingerprint density at radius 3 is 2.36 bits per heavy atom. The van der Waals surface area contributed by atoms with Gasteiger partial charge in [-0.1, -0.05) is 42.5 Å². The van der Waals surface area contributed by atoms with Crippen LogP contribution in [0.15, 0.2) is 54.6 Å². The Balaban J connectivity index is 1.77. The summed E-state index contributed by atoms with van der Waals surface area (Å²) in [5.74, 6) is -0.00827. The highest BCUT2D eigenvalue weighted by Crippen LogP contribution is 2.45. The lowest BCUT2D eigenvalue weighted by Crippen LogP contribution is -2.38. The van der Waals surface area contributed by atoms with Crippen molar-refractivity contribution < 1.29 is 13.9 Å². The lowest BCUT2D eigenvalue weighted by atomic mass is 10.1. The van der Waals surface area contributed by atoms with Gasteiger partial charge >= 0.3 is 6.09 Å². The van der Waals surface area contributed by atoms with E-state index >= 15 is 0 Å². The Labute approximate surface area is 148 Å². The predicted octanol–water partition coefficient (Wildman–Crippen LogP) is 5.12. The van der Waals surface area contributed by atoms with Crippen LogP contribution in [0.2, 0.25) is 0 Å². The molecule has 0 spiro atoms. The molecular weight excluding hydrogens is 317 g/mol. The van der Waals surface area contributed by atoms with Crippen LogP contribution in [0.5, 0.6) is 0 Å². The highest BCUT2D eigenvalue weighted by Gasteiger charge is 2.45. The van der Waals surface area contributed by atoms with E-state index in [0.717, 1.165) is 17.5 Å². The first-order chi connectivity index (χ1) is 11.8. The third-order valence-corrected chi connectivity index (χ3v) is 4.28. The van der Waals surface area contributed by atoms with Crippen LogP contribution >= 0.6 is 0 Å². The maximum atomic E-state index is 13.1. The van der Waals surface area contributed by atoms with Crippen LogP contribution < -0.4 is 0 Å². The Kier molecular flexibility index (Phi) is 4.80. The zero-order valence-corrected chi connectivity index (χ0v) is 14.9. The summed E-state index contributed by atoms with van der Waals surface area (Å²) < 4.78 is 18.7. The van der Waals surface area contributed by atoms with Gasteiger partial charge in [0.25, 0.3) is 0 Å². The van der Waals surface area contributed by atoms with E-state index in [1.165, 1.54) is 12.1 Å². The normalized spacial score (nSPS) is 19.4. The van der Waals surface area contributed by atoms with E-state index < -0.39 is 5.60 Å². The van der Waals surface area contributed by atoms with Crippen molar-refractivity contribution in [1.29, 1.82) is 0 Å². The Morgan fingerprint density at radius 2 is 1.76 bits per heavy atom. The van der Waals surface area contributed by atoms with Crippen LogP contribution in [-0.2, 0) is 11.3 Å². The number of rotatable bonds is 4. The van der Waals surface area contributed by atoms with Crippen molar-refractivity contribution in [3.8, 4) is 0 Å². The van der Waals surface area contributed by atoms with E-state index in [4.69, 9.17) is 4.74 Å². The second kappa shape index (κ2) is 6.87. The molecule has 0 N–H and O–H groups in total. The van der Waals surface area contributed by atoms with Crippen molar-refractivity contribution in [2.24, 2.45) is 0 Å². The van der Waals surface area contributed by atoms with Crippen LogP contribution in [0.3, 0.4) is 0 Å². The molecule has 2 unspecified atom stereocenters. The van der Waals surface area contributed by atoms with E-state index in [1.54, 1.807) is 17.0 Å². The average Bonchev–Trinajstić information content (AvgIpc) is 3.33. The minimum absolute atomic E-state index is 0.0838. The van der Waals surface area contributed by atoms with E-state index in [9.17, 15) is 9.18 Å². The molecule has 1 saturated carbocycles. The first-order valence-electron chi connectivity index (χ1n) is 8.62. The number of amides is 1. The van der Waals surface area contributed by atoms with E-state index in [0.29, 0.717) is 6.54 Å². The van der Waals surface area contributed by atoms with E-state index in [2.05, 4.69) is 0 Å². The fraction of sp³-hybridized carbons (Fsp3) is 0.381. The number of halogens is 1. The van der Waals surface area contributed by atoms with Gasteiger partial charge in [-0.15, -0.1) is 0 Å². The topological polar surface area (TPSA) is 29.5 Å². The summed E-state index contributed by atoms with van der Waals surface area (Å²) in [5, 5.41) is 0. The molecule has 0 aromatic heterocycles. The van der Waals surface area contributed by atoms with Gasteiger partial charge in [0.05, 0.1) is 0 Å². The molecule has 2 aromatic rings. The van der Waals surface area contributed by atoms with Crippen LogP contribution in [-0.4, -0.2) is 22.6 Å². The van der Waals surface area contributed by atoms with Crippen LogP contribution in [0, 0.1) is 5.82 Å². The third kappa shape index (κ3) is 4.59. The predicted molar refractivity (Wildman–Crippen MR) is 95.8 cm³/mol. The molecule has 0 aliphatic heterocycles. The van der Waals surface area contributed by atoms with Crippen molar-refractivity contribution in [1.82, 2.24) is 4.90 Å². The lowest BCUT2D eigenvalue weighted by molar-refractivity contribution is 0.0212. The summed E-state index contributed by atoms with van der Waals surface area (Å²) in [6.45, 7) is 6.12. The molecule has 25 heavy (non-hydrogen) atoms. The molecule has 1 aliphatic carbocycles. The number of carbonyl (C=O) groups excluding carboxylic acids is 1. The van der Waals surface area contributed by atoms with Crippen molar-refractivity contribution in [3.05, 3.63) is 71.5 Å². The minimum Gasteiger partial charge on any atom is -0.444 e. The first-order valence-corrected chi connectivity index (χ1v) is 8.62. The van der Waals surface area contributed by atoms with Gasteiger partial charge in [0.15, 0.2) is 0 Å². The smallest absolute Gasteiger partial charge is 0.410 e. The first kappa shape index (κ1) is 17.5. The van der Waals surface area contributed by atoms with Crippen molar-refractivity contribution in [2.45, 2.75) is 51.3 Å². The molecule has 3 rings (SSSR count). The second-order valence-electron chi connectivity index (χ2n) is 7.55. The number of carbonyl (C=O) groups is 1. The van der Waals surface area contributed by atoms with Crippen molar-refractivity contribution in [2.75, 3.05) is 0 Å². The van der Waals surface area contributed by atoms with Gasteiger partial charge in [-0.05, 0) is 50.5 Å². The molecule has 0 saturated heterocycles. The van der Waals surface area contributed by atoms with Gasteiger partial charge in [-0.3, -0.25) is 0 Å². The summed E-state index contributed by atoms with van der Waals surface area (Å²) in [7, 11) is 0.